The first-order valence-corrected chi connectivity index (χ1v) is 5.87. The van der Waals surface area contributed by atoms with Crippen LogP contribution in [0.25, 0.3) is 0 Å². The fourth-order valence-corrected chi connectivity index (χ4v) is 2.86. The summed E-state index contributed by atoms with van der Waals surface area (Å²) < 4.78 is 11.5. The predicted octanol–water partition coefficient (Wildman–Crippen LogP) is 2.23. The molecule has 4 heteroatoms. The second-order valence-electron chi connectivity index (χ2n) is 4.52. The number of nitrogens with one attached hydrogen (secondary N) is 1. The zero-order valence-electron chi connectivity index (χ0n) is 9.99. The van der Waals surface area contributed by atoms with Crippen molar-refractivity contribution in [2.24, 2.45) is 0 Å². The van der Waals surface area contributed by atoms with E-state index in [-0.39, 0.29) is 18.0 Å². The second-order valence-corrected chi connectivity index (χ2v) is 4.52. The van der Waals surface area contributed by atoms with Crippen LogP contribution >= 0.6 is 12.4 Å². The first-order chi connectivity index (χ1) is 7.86. The largest absolute Gasteiger partial charge is 0.496 e. The van der Waals surface area contributed by atoms with Crippen LogP contribution in [0.15, 0.2) is 18.2 Å². The highest BCUT2D eigenvalue weighted by Crippen LogP contribution is 2.45. The Bertz CT molecular complexity index is 402. The average Bonchev–Trinajstić information content (AvgIpc) is 2.70. The van der Waals surface area contributed by atoms with Crippen LogP contribution in [0.4, 0.5) is 0 Å². The molecule has 0 radical (unpaired) electrons. The lowest BCUT2D eigenvalue weighted by Gasteiger charge is -2.33. The van der Waals surface area contributed by atoms with E-state index < -0.39 is 0 Å². The Kier molecular flexibility index (Phi) is 3.61. The van der Waals surface area contributed by atoms with Gasteiger partial charge in [-0.25, -0.2) is 0 Å². The van der Waals surface area contributed by atoms with Crippen LogP contribution in [0.1, 0.15) is 24.0 Å². The third-order valence-corrected chi connectivity index (χ3v) is 3.75. The summed E-state index contributed by atoms with van der Waals surface area (Å²) in [7, 11) is 1.73. The van der Waals surface area contributed by atoms with E-state index in [0.29, 0.717) is 6.61 Å². The second kappa shape index (κ2) is 4.84. The molecular weight excluding hydrogens is 238 g/mol. The molecule has 0 saturated carbocycles. The van der Waals surface area contributed by atoms with Gasteiger partial charge in [-0.3, -0.25) is 0 Å². The SMILES string of the molecule is COc1cccc2c1COC21CCNCC1.Cl. The highest BCUT2D eigenvalue weighted by atomic mass is 35.5. The van der Waals surface area contributed by atoms with Gasteiger partial charge in [-0.1, -0.05) is 12.1 Å². The van der Waals surface area contributed by atoms with Gasteiger partial charge >= 0.3 is 0 Å². The molecule has 0 atom stereocenters. The Balaban J connectivity index is 0.00000108. The van der Waals surface area contributed by atoms with Gasteiger partial charge in [0, 0.05) is 5.56 Å². The molecule has 0 amide bonds. The molecule has 3 nitrogen and oxygen atoms in total. The maximum atomic E-state index is 6.07. The molecule has 1 spiro atoms. The summed E-state index contributed by atoms with van der Waals surface area (Å²) in [5.74, 6) is 0.966. The zero-order chi connectivity index (χ0) is 11.0. The Morgan fingerprint density at radius 1 is 1.29 bits per heavy atom. The van der Waals surface area contributed by atoms with Crippen molar-refractivity contribution in [3.8, 4) is 5.75 Å². The van der Waals surface area contributed by atoms with Crippen molar-refractivity contribution in [3.05, 3.63) is 29.3 Å². The minimum absolute atomic E-state index is 0. The van der Waals surface area contributed by atoms with Crippen LogP contribution in [-0.4, -0.2) is 20.2 Å². The molecule has 2 heterocycles. The minimum Gasteiger partial charge on any atom is -0.496 e. The number of halogens is 1. The Labute approximate surface area is 108 Å². The van der Waals surface area contributed by atoms with Crippen molar-refractivity contribution in [3.63, 3.8) is 0 Å². The van der Waals surface area contributed by atoms with Crippen molar-refractivity contribution >= 4 is 12.4 Å². The van der Waals surface area contributed by atoms with Gasteiger partial charge < -0.3 is 14.8 Å². The van der Waals surface area contributed by atoms with Gasteiger partial charge in [-0.05, 0) is 37.6 Å². The van der Waals surface area contributed by atoms with Crippen LogP contribution in [0.5, 0.6) is 5.75 Å². The van der Waals surface area contributed by atoms with E-state index in [1.807, 2.05) is 6.07 Å². The number of hydrogen-bond acceptors (Lipinski definition) is 3. The fourth-order valence-electron chi connectivity index (χ4n) is 2.86. The third kappa shape index (κ3) is 1.92. The van der Waals surface area contributed by atoms with Gasteiger partial charge in [-0.2, -0.15) is 0 Å². The molecule has 1 aromatic rings. The normalized spacial score (nSPS) is 20.8. The molecule has 94 valence electrons. The van der Waals surface area contributed by atoms with Gasteiger partial charge in [-0.15, -0.1) is 12.4 Å². The number of methoxy groups -OCH3 is 1. The van der Waals surface area contributed by atoms with Gasteiger partial charge in [0.25, 0.3) is 0 Å². The van der Waals surface area contributed by atoms with Gasteiger partial charge in [0.05, 0.1) is 19.3 Å². The highest BCUT2D eigenvalue weighted by Gasteiger charge is 2.41. The van der Waals surface area contributed by atoms with E-state index in [2.05, 4.69) is 17.4 Å². The van der Waals surface area contributed by atoms with E-state index >= 15 is 0 Å². The van der Waals surface area contributed by atoms with E-state index in [0.717, 1.165) is 31.7 Å². The van der Waals surface area contributed by atoms with Crippen molar-refractivity contribution < 1.29 is 9.47 Å². The third-order valence-electron chi connectivity index (χ3n) is 3.75. The van der Waals surface area contributed by atoms with Crippen LogP contribution in [0.3, 0.4) is 0 Å². The number of piperidine rings is 1. The molecule has 2 aliphatic heterocycles. The molecule has 1 N–H and O–H groups in total. The first-order valence-electron chi connectivity index (χ1n) is 5.87. The van der Waals surface area contributed by atoms with E-state index in [9.17, 15) is 0 Å². The number of ether oxygens (including phenoxy) is 2. The van der Waals surface area contributed by atoms with Crippen LogP contribution in [0, 0.1) is 0 Å². The average molecular weight is 256 g/mol. The maximum Gasteiger partial charge on any atom is 0.124 e. The lowest BCUT2D eigenvalue weighted by molar-refractivity contribution is -0.0591. The smallest absolute Gasteiger partial charge is 0.124 e. The number of fused-ring (bicyclic) bond motifs is 2. The number of hydrogen-bond donors (Lipinski definition) is 1. The summed E-state index contributed by atoms with van der Waals surface area (Å²) in [5, 5.41) is 3.38. The predicted molar refractivity (Wildman–Crippen MR) is 68.8 cm³/mol. The summed E-state index contributed by atoms with van der Waals surface area (Å²) in [6, 6.07) is 6.27. The molecule has 1 saturated heterocycles. The standard InChI is InChI=1S/C13H17NO2.ClH/c1-15-12-4-2-3-11-10(12)9-16-13(11)5-7-14-8-6-13;/h2-4,14H,5-9H2,1H3;1H. The molecular formula is C13H18ClNO2. The molecule has 17 heavy (non-hydrogen) atoms. The Morgan fingerprint density at radius 3 is 2.76 bits per heavy atom. The summed E-state index contributed by atoms with van der Waals surface area (Å²) in [4.78, 5) is 0. The molecule has 2 aliphatic rings. The summed E-state index contributed by atoms with van der Waals surface area (Å²) in [6.45, 7) is 2.77. The minimum atomic E-state index is -0.0465. The Hall–Kier alpha value is -0.770. The van der Waals surface area contributed by atoms with Gasteiger partial charge in [0.15, 0.2) is 0 Å². The lowest BCUT2D eigenvalue weighted by atomic mass is 9.84. The molecule has 1 fully saturated rings. The van der Waals surface area contributed by atoms with Crippen molar-refractivity contribution in [2.75, 3.05) is 20.2 Å². The quantitative estimate of drug-likeness (QED) is 0.835. The number of rotatable bonds is 1. The Morgan fingerprint density at radius 2 is 2.06 bits per heavy atom. The molecule has 3 rings (SSSR count). The molecule has 0 aromatic heterocycles. The van der Waals surface area contributed by atoms with Crippen molar-refractivity contribution in [1.29, 1.82) is 0 Å². The zero-order valence-corrected chi connectivity index (χ0v) is 10.8. The maximum absolute atomic E-state index is 6.07. The van der Waals surface area contributed by atoms with Crippen LogP contribution in [-0.2, 0) is 16.9 Å². The van der Waals surface area contributed by atoms with E-state index in [1.165, 1.54) is 11.1 Å². The topological polar surface area (TPSA) is 30.5 Å². The molecule has 0 bridgehead atoms. The summed E-state index contributed by atoms with van der Waals surface area (Å²) >= 11 is 0. The summed E-state index contributed by atoms with van der Waals surface area (Å²) in [5.41, 5.74) is 2.54. The summed E-state index contributed by atoms with van der Waals surface area (Å²) in [6.07, 6.45) is 2.13. The van der Waals surface area contributed by atoms with Crippen molar-refractivity contribution in [1.82, 2.24) is 5.32 Å². The van der Waals surface area contributed by atoms with Crippen molar-refractivity contribution in [2.45, 2.75) is 25.0 Å². The molecule has 0 unspecified atom stereocenters. The molecule has 0 aliphatic carbocycles. The van der Waals surface area contributed by atoms with Gasteiger partial charge in [0.1, 0.15) is 5.75 Å². The van der Waals surface area contributed by atoms with Crippen LogP contribution < -0.4 is 10.1 Å². The van der Waals surface area contributed by atoms with Crippen LogP contribution in [0.2, 0.25) is 0 Å². The monoisotopic (exact) mass is 255 g/mol. The highest BCUT2D eigenvalue weighted by molar-refractivity contribution is 5.85. The molecule has 1 aromatic carbocycles. The lowest BCUT2D eigenvalue weighted by Crippen LogP contribution is -2.39. The number of benzene rings is 1. The van der Waals surface area contributed by atoms with E-state index in [4.69, 9.17) is 9.47 Å². The fraction of sp³-hybridized carbons (Fsp3) is 0.538. The van der Waals surface area contributed by atoms with E-state index in [1.54, 1.807) is 7.11 Å². The first kappa shape index (κ1) is 12.7. The van der Waals surface area contributed by atoms with Gasteiger partial charge in [0.2, 0.25) is 0 Å².